The van der Waals surface area contributed by atoms with Crippen LogP contribution in [-0.4, -0.2) is 50.8 Å². The van der Waals surface area contributed by atoms with Gasteiger partial charge in [-0.2, -0.15) is 0 Å². The SMILES string of the molecule is COc1c(C)cnc(CS(=O)c2nc3ccccc3n2COC(=O)c2ccc(CN(C)C)cc2)c1C. The second-order valence-electron chi connectivity index (χ2n) is 8.84. The van der Waals surface area contributed by atoms with E-state index in [1.807, 2.05) is 64.3 Å². The highest BCUT2D eigenvalue weighted by molar-refractivity contribution is 7.84. The molecule has 1 unspecified atom stereocenters. The second kappa shape index (κ2) is 11.0. The molecule has 8 nitrogen and oxygen atoms in total. The molecule has 4 aromatic rings. The second-order valence-corrected chi connectivity index (χ2v) is 10.2. The van der Waals surface area contributed by atoms with E-state index in [9.17, 15) is 9.00 Å². The fraction of sp³-hybridized carbons (Fsp3) is 0.296. The van der Waals surface area contributed by atoms with Crippen LogP contribution in [0.5, 0.6) is 5.75 Å². The fourth-order valence-electron chi connectivity index (χ4n) is 4.08. The van der Waals surface area contributed by atoms with Gasteiger partial charge >= 0.3 is 5.97 Å². The smallest absolute Gasteiger partial charge is 0.339 e. The molecule has 0 N–H and O–H groups in total. The van der Waals surface area contributed by atoms with Gasteiger partial charge in [-0.05, 0) is 57.8 Å². The molecular weight excluding hydrogens is 476 g/mol. The third kappa shape index (κ3) is 5.47. The van der Waals surface area contributed by atoms with Crippen LogP contribution in [0, 0.1) is 13.8 Å². The molecule has 0 fully saturated rings. The van der Waals surface area contributed by atoms with Gasteiger partial charge in [0.15, 0.2) is 6.73 Å². The molecular formula is C27H30N4O4S. The molecule has 2 aromatic carbocycles. The summed E-state index contributed by atoms with van der Waals surface area (Å²) in [4.78, 5) is 23.9. The van der Waals surface area contributed by atoms with Crippen molar-refractivity contribution >= 4 is 27.8 Å². The first-order valence-corrected chi connectivity index (χ1v) is 12.8. The lowest BCUT2D eigenvalue weighted by Gasteiger charge is -2.13. The maximum atomic E-state index is 13.5. The minimum absolute atomic E-state index is 0.108. The highest BCUT2D eigenvalue weighted by Gasteiger charge is 2.21. The molecule has 4 rings (SSSR count). The van der Waals surface area contributed by atoms with Crippen molar-refractivity contribution in [1.82, 2.24) is 19.4 Å². The van der Waals surface area contributed by atoms with E-state index in [-0.39, 0.29) is 12.5 Å². The van der Waals surface area contributed by atoms with Gasteiger partial charge < -0.3 is 14.4 Å². The van der Waals surface area contributed by atoms with Crippen LogP contribution in [-0.2, 0) is 34.6 Å². The van der Waals surface area contributed by atoms with Crippen molar-refractivity contribution in [3.05, 3.63) is 82.7 Å². The Morgan fingerprint density at radius 3 is 2.50 bits per heavy atom. The molecule has 0 radical (unpaired) electrons. The van der Waals surface area contributed by atoms with Crippen LogP contribution in [0.2, 0.25) is 0 Å². The number of para-hydroxylation sites is 2. The third-order valence-corrected chi connectivity index (χ3v) is 7.11. The number of carbonyl (C=O) groups is 1. The molecule has 0 saturated heterocycles. The number of nitrogens with zero attached hydrogens (tertiary/aromatic N) is 4. The molecule has 2 aromatic heterocycles. The van der Waals surface area contributed by atoms with Gasteiger partial charge in [0.2, 0.25) is 5.16 Å². The van der Waals surface area contributed by atoms with Gasteiger partial charge in [-0.3, -0.25) is 13.8 Å². The summed E-state index contributed by atoms with van der Waals surface area (Å²) in [6.45, 7) is 4.50. The summed E-state index contributed by atoms with van der Waals surface area (Å²) >= 11 is 0. The van der Waals surface area contributed by atoms with E-state index >= 15 is 0 Å². The van der Waals surface area contributed by atoms with Crippen molar-refractivity contribution in [3.8, 4) is 5.75 Å². The van der Waals surface area contributed by atoms with E-state index in [2.05, 4.69) is 14.9 Å². The van der Waals surface area contributed by atoms with Crippen LogP contribution in [0.15, 0.2) is 59.9 Å². The number of ether oxygens (including phenoxy) is 2. The number of methoxy groups -OCH3 is 1. The van der Waals surface area contributed by atoms with Gasteiger partial charge in [-0.25, -0.2) is 9.78 Å². The van der Waals surface area contributed by atoms with E-state index < -0.39 is 16.8 Å². The van der Waals surface area contributed by atoms with Gasteiger partial charge in [0, 0.05) is 23.9 Å². The van der Waals surface area contributed by atoms with Crippen LogP contribution >= 0.6 is 0 Å². The van der Waals surface area contributed by atoms with E-state index in [0.717, 1.165) is 34.5 Å². The average Bonchev–Trinajstić information content (AvgIpc) is 3.23. The Balaban J connectivity index is 1.57. The summed E-state index contributed by atoms with van der Waals surface area (Å²) in [5, 5.41) is 0.325. The van der Waals surface area contributed by atoms with Gasteiger partial charge in [-0.15, -0.1) is 0 Å². The Morgan fingerprint density at radius 2 is 1.81 bits per heavy atom. The Bertz CT molecular complexity index is 1410. The van der Waals surface area contributed by atoms with Crippen molar-refractivity contribution in [3.63, 3.8) is 0 Å². The fourth-order valence-corrected chi connectivity index (χ4v) is 5.34. The Hall–Kier alpha value is -3.56. The number of aryl methyl sites for hydroxylation is 1. The number of hydrogen-bond donors (Lipinski definition) is 0. The highest BCUT2D eigenvalue weighted by Crippen LogP contribution is 2.26. The Labute approximate surface area is 213 Å². The number of aromatic nitrogens is 3. The molecule has 0 aliphatic heterocycles. The van der Waals surface area contributed by atoms with Crippen LogP contribution < -0.4 is 4.74 Å². The molecule has 0 aliphatic carbocycles. The number of benzene rings is 2. The van der Waals surface area contributed by atoms with Crippen LogP contribution in [0.4, 0.5) is 0 Å². The summed E-state index contributed by atoms with van der Waals surface area (Å²) in [7, 11) is 4.06. The molecule has 0 amide bonds. The lowest BCUT2D eigenvalue weighted by Crippen LogP contribution is -2.14. The molecule has 0 bridgehead atoms. The van der Waals surface area contributed by atoms with Crippen LogP contribution in [0.3, 0.4) is 0 Å². The van der Waals surface area contributed by atoms with Gasteiger partial charge in [-0.1, -0.05) is 24.3 Å². The monoisotopic (exact) mass is 506 g/mol. The predicted octanol–water partition coefficient (Wildman–Crippen LogP) is 4.24. The molecule has 1 atom stereocenters. The van der Waals surface area contributed by atoms with E-state index in [0.29, 0.717) is 21.9 Å². The maximum absolute atomic E-state index is 13.5. The molecule has 2 heterocycles. The maximum Gasteiger partial charge on any atom is 0.339 e. The summed E-state index contributed by atoms with van der Waals surface area (Å²) in [5.74, 6) is 0.435. The number of imidazole rings is 1. The number of carbonyl (C=O) groups excluding carboxylic acids is 1. The third-order valence-electron chi connectivity index (χ3n) is 5.85. The lowest BCUT2D eigenvalue weighted by molar-refractivity contribution is 0.0364. The Morgan fingerprint density at radius 1 is 1.08 bits per heavy atom. The van der Waals surface area contributed by atoms with Gasteiger partial charge in [0.05, 0.1) is 46.0 Å². The lowest BCUT2D eigenvalue weighted by atomic mass is 10.1. The normalized spacial score (nSPS) is 12.2. The largest absolute Gasteiger partial charge is 0.496 e. The van der Waals surface area contributed by atoms with E-state index in [4.69, 9.17) is 9.47 Å². The van der Waals surface area contributed by atoms with Gasteiger partial charge in [0.1, 0.15) is 5.75 Å². The van der Waals surface area contributed by atoms with E-state index in [1.165, 1.54) is 0 Å². The van der Waals surface area contributed by atoms with Crippen LogP contribution in [0.25, 0.3) is 11.0 Å². The topological polar surface area (TPSA) is 86.5 Å². The molecule has 0 spiro atoms. The average molecular weight is 507 g/mol. The van der Waals surface area contributed by atoms with E-state index in [1.54, 1.807) is 30.0 Å². The van der Waals surface area contributed by atoms with Gasteiger partial charge in [0.25, 0.3) is 0 Å². The van der Waals surface area contributed by atoms with Crippen molar-refractivity contribution in [2.75, 3.05) is 21.2 Å². The van der Waals surface area contributed by atoms with Crippen LogP contribution in [0.1, 0.15) is 32.7 Å². The summed E-state index contributed by atoms with van der Waals surface area (Å²) in [6.07, 6.45) is 1.72. The number of pyridine rings is 1. The molecule has 0 saturated carbocycles. The van der Waals surface area contributed by atoms with Crippen molar-refractivity contribution < 1.29 is 18.5 Å². The minimum atomic E-state index is -1.54. The van der Waals surface area contributed by atoms with Crippen molar-refractivity contribution in [2.45, 2.75) is 38.0 Å². The number of esters is 1. The molecule has 36 heavy (non-hydrogen) atoms. The zero-order valence-electron chi connectivity index (χ0n) is 21.1. The first-order chi connectivity index (χ1) is 17.3. The summed E-state index contributed by atoms with van der Waals surface area (Å²) < 4.78 is 26.3. The predicted molar refractivity (Wildman–Crippen MR) is 139 cm³/mol. The van der Waals surface area contributed by atoms with Crippen molar-refractivity contribution in [2.24, 2.45) is 0 Å². The highest BCUT2D eigenvalue weighted by atomic mass is 32.2. The molecule has 9 heteroatoms. The Kier molecular flexibility index (Phi) is 7.81. The standard InChI is InChI=1S/C27H30N4O4S/c1-18-14-28-23(19(2)25(18)34-5)16-36(33)27-29-22-8-6-7-9-24(22)31(27)17-35-26(32)21-12-10-20(11-13-21)15-30(3)4/h6-14H,15-17H2,1-5H3. The summed E-state index contributed by atoms with van der Waals surface area (Å²) in [6, 6.07) is 14.8. The zero-order chi connectivity index (χ0) is 25.8. The van der Waals surface area contributed by atoms with Crippen molar-refractivity contribution in [1.29, 1.82) is 0 Å². The number of hydrogen-bond acceptors (Lipinski definition) is 7. The minimum Gasteiger partial charge on any atom is -0.496 e. The number of rotatable bonds is 9. The quantitative estimate of drug-likeness (QED) is 0.314. The first kappa shape index (κ1) is 25.5. The first-order valence-electron chi connectivity index (χ1n) is 11.5. The number of fused-ring (bicyclic) bond motifs is 1. The molecule has 0 aliphatic rings. The molecule has 188 valence electrons. The zero-order valence-corrected chi connectivity index (χ0v) is 22.0. The summed E-state index contributed by atoms with van der Waals surface area (Å²) in [5.41, 5.74) is 5.40.